The Hall–Kier alpha value is -0.960. The lowest BCUT2D eigenvalue weighted by Crippen LogP contribution is -2.33. The van der Waals surface area contributed by atoms with Crippen molar-refractivity contribution in [3.63, 3.8) is 0 Å². The SMILES string of the molecule is CC(C)NCC(Cc1ccc(F)c(F)c1)C1CCCC1. The minimum absolute atomic E-state index is 0.462. The van der Waals surface area contributed by atoms with E-state index in [0.717, 1.165) is 24.4 Å². The Kier molecular flexibility index (Phi) is 5.53. The Morgan fingerprint density at radius 2 is 1.85 bits per heavy atom. The van der Waals surface area contributed by atoms with Gasteiger partial charge in [-0.3, -0.25) is 0 Å². The third-order valence-corrected chi connectivity index (χ3v) is 4.34. The molecule has 0 saturated heterocycles. The lowest BCUT2D eigenvalue weighted by atomic mass is 9.85. The minimum Gasteiger partial charge on any atom is -0.314 e. The molecule has 1 nitrogen and oxygen atoms in total. The molecule has 1 unspecified atom stereocenters. The topological polar surface area (TPSA) is 12.0 Å². The standard InChI is InChI=1S/C17H25F2N/c1-12(2)20-11-15(14-5-3-4-6-14)9-13-7-8-16(18)17(19)10-13/h7-8,10,12,14-15,20H,3-6,9,11H2,1-2H3. The Bertz CT molecular complexity index is 425. The molecule has 0 spiro atoms. The van der Waals surface area contributed by atoms with Gasteiger partial charge in [0.05, 0.1) is 0 Å². The van der Waals surface area contributed by atoms with Crippen LogP contribution in [0.25, 0.3) is 0 Å². The number of nitrogens with one attached hydrogen (secondary N) is 1. The molecule has 20 heavy (non-hydrogen) atoms. The molecule has 0 radical (unpaired) electrons. The van der Waals surface area contributed by atoms with E-state index in [2.05, 4.69) is 19.2 Å². The second-order valence-corrected chi connectivity index (χ2v) is 6.32. The molecule has 0 amide bonds. The maximum absolute atomic E-state index is 13.3. The molecule has 1 aliphatic carbocycles. The highest BCUT2D eigenvalue weighted by molar-refractivity contribution is 5.18. The fraction of sp³-hybridized carbons (Fsp3) is 0.647. The first-order valence-electron chi connectivity index (χ1n) is 7.73. The molecule has 3 heteroatoms. The third kappa shape index (κ3) is 4.27. The van der Waals surface area contributed by atoms with Crippen LogP contribution in [-0.4, -0.2) is 12.6 Å². The second-order valence-electron chi connectivity index (χ2n) is 6.32. The maximum atomic E-state index is 13.3. The summed E-state index contributed by atoms with van der Waals surface area (Å²) < 4.78 is 26.3. The molecule has 1 aromatic carbocycles. The predicted octanol–water partition coefficient (Wildman–Crippen LogP) is 4.31. The molecule has 2 rings (SSSR count). The Morgan fingerprint density at radius 1 is 1.15 bits per heavy atom. The molecule has 0 bridgehead atoms. The Balaban J connectivity index is 2.03. The lowest BCUT2D eigenvalue weighted by molar-refractivity contribution is 0.312. The molecular weight excluding hydrogens is 256 g/mol. The van der Waals surface area contributed by atoms with E-state index < -0.39 is 11.6 Å². The summed E-state index contributed by atoms with van der Waals surface area (Å²) in [5.41, 5.74) is 0.909. The molecule has 0 heterocycles. The van der Waals surface area contributed by atoms with Gasteiger partial charge in [-0.05, 0) is 42.5 Å². The smallest absolute Gasteiger partial charge is 0.159 e. The van der Waals surface area contributed by atoms with Crippen molar-refractivity contribution in [1.82, 2.24) is 5.32 Å². The van der Waals surface area contributed by atoms with Crippen molar-refractivity contribution in [3.05, 3.63) is 35.4 Å². The van der Waals surface area contributed by atoms with Crippen LogP contribution in [0, 0.1) is 23.5 Å². The molecule has 112 valence electrons. The number of halogens is 2. The number of hydrogen-bond acceptors (Lipinski definition) is 1. The lowest BCUT2D eigenvalue weighted by Gasteiger charge is -2.25. The largest absolute Gasteiger partial charge is 0.314 e. The van der Waals surface area contributed by atoms with E-state index in [1.807, 2.05) is 0 Å². The van der Waals surface area contributed by atoms with Gasteiger partial charge in [0.15, 0.2) is 11.6 Å². The van der Waals surface area contributed by atoms with Gasteiger partial charge in [0, 0.05) is 6.04 Å². The van der Waals surface area contributed by atoms with Crippen LogP contribution in [0.15, 0.2) is 18.2 Å². The zero-order chi connectivity index (χ0) is 14.5. The second kappa shape index (κ2) is 7.16. The fourth-order valence-electron chi connectivity index (χ4n) is 3.19. The van der Waals surface area contributed by atoms with Gasteiger partial charge in [0.1, 0.15) is 0 Å². The van der Waals surface area contributed by atoms with Crippen molar-refractivity contribution >= 4 is 0 Å². The van der Waals surface area contributed by atoms with Crippen molar-refractivity contribution in [1.29, 1.82) is 0 Å². The Morgan fingerprint density at radius 3 is 2.45 bits per heavy atom. The van der Waals surface area contributed by atoms with E-state index in [9.17, 15) is 8.78 Å². The zero-order valence-corrected chi connectivity index (χ0v) is 12.5. The summed E-state index contributed by atoms with van der Waals surface area (Å²) in [6, 6.07) is 4.78. The van der Waals surface area contributed by atoms with Gasteiger partial charge in [-0.25, -0.2) is 8.78 Å². The van der Waals surface area contributed by atoms with Gasteiger partial charge in [-0.2, -0.15) is 0 Å². The van der Waals surface area contributed by atoms with Crippen LogP contribution < -0.4 is 5.32 Å². The van der Waals surface area contributed by atoms with Crippen molar-refractivity contribution in [2.75, 3.05) is 6.54 Å². The highest BCUT2D eigenvalue weighted by Gasteiger charge is 2.25. The minimum atomic E-state index is -0.758. The molecule has 1 atom stereocenters. The highest BCUT2D eigenvalue weighted by Crippen LogP contribution is 2.33. The van der Waals surface area contributed by atoms with Crippen LogP contribution in [0.5, 0.6) is 0 Å². The predicted molar refractivity (Wildman–Crippen MR) is 78.6 cm³/mol. The van der Waals surface area contributed by atoms with E-state index in [1.54, 1.807) is 6.07 Å². The maximum Gasteiger partial charge on any atom is 0.159 e. The summed E-state index contributed by atoms with van der Waals surface area (Å²) >= 11 is 0. The average molecular weight is 281 g/mol. The number of rotatable bonds is 6. The first-order valence-corrected chi connectivity index (χ1v) is 7.73. The fourth-order valence-corrected chi connectivity index (χ4v) is 3.19. The van der Waals surface area contributed by atoms with Crippen LogP contribution in [0.4, 0.5) is 8.78 Å². The van der Waals surface area contributed by atoms with Gasteiger partial charge in [0.2, 0.25) is 0 Å². The summed E-state index contributed by atoms with van der Waals surface area (Å²) in [6.07, 6.45) is 5.99. The molecule has 0 aromatic heterocycles. The molecular formula is C17H25F2N. The quantitative estimate of drug-likeness (QED) is 0.819. The normalized spacial score (nSPS) is 17.9. The molecule has 1 aliphatic rings. The van der Waals surface area contributed by atoms with Crippen molar-refractivity contribution in [2.24, 2.45) is 11.8 Å². The summed E-state index contributed by atoms with van der Waals surface area (Å²) in [6.45, 7) is 5.24. The highest BCUT2D eigenvalue weighted by atomic mass is 19.2. The van der Waals surface area contributed by atoms with E-state index in [0.29, 0.717) is 12.0 Å². The summed E-state index contributed by atoms with van der Waals surface area (Å²) in [5, 5.41) is 3.50. The monoisotopic (exact) mass is 281 g/mol. The average Bonchev–Trinajstić information content (AvgIpc) is 2.92. The van der Waals surface area contributed by atoms with Crippen LogP contribution >= 0.6 is 0 Å². The van der Waals surface area contributed by atoms with Crippen molar-refractivity contribution in [3.8, 4) is 0 Å². The zero-order valence-electron chi connectivity index (χ0n) is 12.5. The number of benzene rings is 1. The van der Waals surface area contributed by atoms with Gasteiger partial charge in [-0.1, -0.05) is 45.6 Å². The molecule has 0 aliphatic heterocycles. The van der Waals surface area contributed by atoms with E-state index in [-0.39, 0.29) is 0 Å². The van der Waals surface area contributed by atoms with Crippen LogP contribution in [-0.2, 0) is 6.42 Å². The van der Waals surface area contributed by atoms with E-state index in [1.165, 1.54) is 37.8 Å². The van der Waals surface area contributed by atoms with Gasteiger partial charge < -0.3 is 5.32 Å². The first-order chi connectivity index (χ1) is 9.56. The van der Waals surface area contributed by atoms with Gasteiger partial charge in [-0.15, -0.1) is 0 Å². The van der Waals surface area contributed by atoms with Gasteiger partial charge in [0.25, 0.3) is 0 Å². The molecule has 1 aromatic rings. The molecule has 1 saturated carbocycles. The summed E-state index contributed by atoms with van der Waals surface area (Å²) in [5.74, 6) is -0.255. The van der Waals surface area contributed by atoms with E-state index >= 15 is 0 Å². The summed E-state index contributed by atoms with van der Waals surface area (Å²) in [7, 11) is 0. The summed E-state index contributed by atoms with van der Waals surface area (Å²) in [4.78, 5) is 0. The third-order valence-electron chi connectivity index (χ3n) is 4.34. The van der Waals surface area contributed by atoms with Crippen molar-refractivity contribution < 1.29 is 8.78 Å². The van der Waals surface area contributed by atoms with Crippen molar-refractivity contribution in [2.45, 2.75) is 52.0 Å². The Labute approximate surface area is 120 Å². The number of hydrogen-bond donors (Lipinski definition) is 1. The van der Waals surface area contributed by atoms with Gasteiger partial charge >= 0.3 is 0 Å². The molecule has 1 fully saturated rings. The van der Waals surface area contributed by atoms with Crippen LogP contribution in [0.1, 0.15) is 45.1 Å². The molecule has 1 N–H and O–H groups in total. The van der Waals surface area contributed by atoms with E-state index in [4.69, 9.17) is 0 Å². The van der Waals surface area contributed by atoms with Crippen LogP contribution in [0.3, 0.4) is 0 Å². The van der Waals surface area contributed by atoms with Crippen LogP contribution in [0.2, 0.25) is 0 Å². The first kappa shape index (κ1) is 15.4.